The summed E-state index contributed by atoms with van der Waals surface area (Å²) < 4.78 is 0.844. The zero-order valence-electron chi connectivity index (χ0n) is 8.96. The Bertz CT molecular complexity index is 572. The SMILES string of the molecule is N#C[Se]c1ccccc1C(=O)c1ccccc1. The number of rotatable bonds is 3. The summed E-state index contributed by atoms with van der Waals surface area (Å²) in [6.45, 7) is 0. The van der Waals surface area contributed by atoms with E-state index >= 15 is 0 Å². The van der Waals surface area contributed by atoms with Crippen molar-refractivity contribution in [2.45, 2.75) is 0 Å². The minimum atomic E-state index is -0.305. The van der Waals surface area contributed by atoms with Crippen molar-refractivity contribution < 1.29 is 4.79 Å². The van der Waals surface area contributed by atoms with Crippen molar-refractivity contribution in [3.63, 3.8) is 0 Å². The molecule has 0 fully saturated rings. The molecule has 0 atom stereocenters. The number of ketones is 1. The van der Waals surface area contributed by atoms with E-state index < -0.39 is 0 Å². The van der Waals surface area contributed by atoms with Gasteiger partial charge in [0, 0.05) is 0 Å². The Morgan fingerprint density at radius 1 is 1.00 bits per heavy atom. The van der Waals surface area contributed by atoms with Crippen molar-refractivity contribution >= 4 is 25.2 Å². The van der Waals surface area contributed by atoms with E-state index in [9.17, 15) is 4.79 Å². The molecule has 0 aliphatic heterocycles. The Labute approximate surface area is 106 Å². The summed E-state index contributed by atoms with van der Waals surface area (Å²) in [4.78, 5) is 14.4. The van der Waals surface area contributed by atoms with Gasteiger partial charge in [0.1, 0.15) is 0 Å². The van der Waals surface area contributed by atoms with E-state index in [-0.39, 0.29) is 20.7 Å². The molecule has 0 saturated heterocycles. The predicted octanol–water partition coefficient (Wildman–Crippen LogP) is 1.73. The van der Waals surface area contributed by atoms with Gasteiger partial charge in [-0.15, -0.1) is 0 Å². The number of carbonyl (C=O) groups excluding carboxylic acids is 1. The first-order valence-corrected chi connectivity index (χ1v) is 6.79. The van der Waals surface area contributed by atoms with E-state index in [1.165, 1.54) is 0 Å². The van der Waals surface area contributed by atoms with Crippen LogP contribution in [0.1, 0.15) is 15.9 Å². The maximum atomic E-state index is 12.2. The molecule has 2 aromatic rings. The number of nitrogens with zero attached hydrogens (tertiary/aromatic N) is 1. The number of benzene rings is 2. The maximum absolute atomic E-state index is 12.2. The van der Waals surface area contributed by atoms with E-state index in [0.29, 0.717) is 11.1 Å². The summed E-state index contributed by atoms with van der Waals surface area (Å²) in [6.07, 6.45) is 0. The molecule has 0 bridgehead atoms. The van der Waals surface area contributed by atoms with E-state index in [1.54, 1.807) is 18.2 Å². The molecule has 82 valence electrons. The first kappa shape index (κ1) is 11.6. The van der Waals surface area contributed by atoms with Crippen molar-refractivity contribution in [3.05, 3.63) is 65.7 Å². The fraction of sp³-hybridized carbons (Fsp3) is 0. The normalized spacial score (nSPS) is 9.59. The van der Waals surface area contributed by atoms with Gasteiger partial charge < -0.3 is 0 Å². The molecule has 0 aliphatic carbocycles. The summed E-state index contributed by atoms with van der Waals surface area (Å²) >= 11 is -0.305. The first-order valence-electron chi connectivity index (χ1n) is 5.07. The van der Waals surface area contributed by atoms with E-state index in [4.69, 9.17) is 5.26 Å². The van der Waals surface area contributed by atoms with Crippen molar-refractivity contribution in [3.8, 4) is 4.97 Å². The third-order valence-corrected chi connectivity index (χ3v) is 3.72. The van der Waals surface area contributed by atoms with E-state index in [0.717, 1.165) is 4.46 Å². The van der Waals surface area contributed by atoms with Crippen molar-refractivity contribution in [1.29, 1.82) is 5.26 Å². The van der Waals surface area contributed by atoms with Crippen LogP contribution >= 0.6 is 0 Å². The molecule has 0 spiro atoms. The van der Waals surface area contributed by atoms with Gasteiger partial charge in [-0.05, 0) is 0 Å². The Kier molecular flexibility index (Phi) is 3.72. The van der Waals surface area contributed by atoms with Crippen LogP contribution in [0.2, 0.25) is 0 Å². The van der Waals surface area contributed by atoms with Gasteiger partial charge >= 0.3 is 106 Å². The number of hydrogen-bond donors (Lipinski definition) is 0. The summed E-state index contributed by atoms with van der Waals surface area (Å²) in [5.74, 6) is -0.0154. The van der Waals surface area contributed by atoms with Crippen LogP contribution in [0.15, 0.2) is 54.6 Å². The minimum absolute atomic E-state index is 0.0154. The Hall–Kier alpha value is -1.88. The summed E-state index contributed by atoms with van der Waals surface area (Å²) in [7, 11) is 0. The van der Waals surface area contributed by atoms with Gasteiger partial charge in [-0.1, -0.05) is 0 Å². The molecule has 0 unspecified atom stereocenters. The molecular formula is C14H9NOSe. The molecule has 0 N–H and O–H groups in total. The fourth-order valence-corrected chi connectivity index (χ4v) is 2.62. The number of carbonyl (C=O) groups is 1. The van der Waals surface area contributed by atoms with Crippen LogP contribution in [-0.2, 0) is 0 Å². The second-order valence-electron chi connectivity index (χ2n) is 3.38. The molecule has 0 aliphatic rings. The van der Waals surface area contributed by atoms with Crippen LogP contribution in [0.4, 0.5) is 0 Å². The van der Waals surface area contributed by atoms with Gasteiger partial charge in [0.05, 0.1) is 0 Å². The van der Waals surface area contributed by atoms with Crippen LogP contribution in [0.25, 0.3) is 0 Å². The number of hydrogen-bond acceptors (Lipinski definition) is 2. The Morgan fingerprint density at radius 2 is 1.65 bits per heavy atom. The zero-order chi connectivity index (χ0) is 12.1. The molecule has 0 heterocycles. The second-order valence-corrected chi connectivity index (χ2v) is 5.12. The molecule has 17 heavy (non-hydrogen) atoms. The molecule has 0 amide bonds. The first-order chi connectivity index (χ1) is 8.33. The van der Waals surface area contributed by atoms with Crippen LogP contribution in [0.3, 0.4) is 0 Å². The topological polar surface area (TPSA) is 40.9 Å². The summed E-state index contributed by atoms with van der Waals surface area (Å²) in [5.41, 5.74) is 1.30. The van der Waals surface area contributed by atoms with Crippen LogP contribution < -0.4 is 4.46 Å². The van der Waals surface area contributed by atoms with Crippen molar-refractivity contribution in [2.75, 3.05) is 0 Å². The monoisotopic (exact) mass is 287 g/mol. The Morgan fingerprint density at radius 3 is 2.35 bits per heavy atom. The van der Waals surface area contributed by atoms with Gasteiger partial charge in [-0.2, -0.15) is 0 Å². The van der Waals surface area contributed by atoms with E-state index in [2.05, 4.69) is 4.97 Å². The van der Waals surface area contributed by atoms with Crippen LogP contribution in [0, 0.1) is 10.2 Å². The van der Waals surface area contributed by atoms with Gasteiger partial charge in [-0.3, -0.25) is 0 Å². The van der Waals surface area contributed by atoms with Gasteiger partial charge in [0.15, 0.2) is 0 Å². The molecule has 0 saturated carbocycles. The van der Waals surface area contributed by atoms with Crippen LogP contribution in [-0.4, -0.2) is 20.7 Å². The van der Waals surface area contributed by atoms with Crippen molar-refractivity contribution in [2.24, 2.45) is 0 Å². The fourth-order valence-electron chi connectivity index (χ4n) is 1.54. The van der Waals surface area contributed by atoms with E-state index in [1.807, 2.05) is 36.4 Å². The standard InChI is InChI=1S/C14H9NOSe/c15-10-17-13-9-5-4-8-12(13)14(16)11-6-2-1-3-7-11/h1-9H. The van der Waals surface area contributed by atoms with Crippen LogP contribution in [0.5, 0.6) is 0 Å². The summed E-state index contributed by atoms with van der Waals surface area (Å²) in [5, 5.41) is 8.76. The second kappa shape index (κ2) is 5.45. The van der Waals surface area contributed by atoms with Crippen molar-refractivity contribution in [1.82, 2.24) is 0 Å². The summed E-state index contributed by atoms with van der Waals surface area (Å²) in [6, 6.07) is 16.4. The third kappa shape index (κ3) is 2.62. The molecule has 3 heteroatoms. The van der Waals surface area contributed by atoms with Gasteiger partial charge in [0.2, 0.25) is 0 Å². The van der Waals surface area contributed by atoms with Gasteiger partial charge in [-0.25, -0.2) is 0 Å². The molecule has 2 rings (SSSR count). The molecule has 0 aromatic heterocycles. The zero-order valence-corrected chi connectivity index (χ0v) is 10.7. The Balaban J connectivity index is 2.42. The molecule has 2 aromatic carbocycles. The predicted molar refractivity (Wildman–Crippen MR) is 67.3 cm³/mol. The average molecular weight is 286 g/mol. The quantitative estimate of drug-likeness (QED) is 0.637. The molecule has 0 radical (unpaired) electrons. The third-order valence-electron chi connectivity index (χ3n) is 2.32. The molecule has 2 nitrogen and oxygen atoms in total. The molecular weight excluding hydrogens is 277 g/mol. The van der Waals surface area contributed by atoms with Gasteiger partial charge in [0.25, 0.3) is 0 Å². The average Bonchev–Trinajstić information content (AvgIpc) is 2.40. The number of nitriles is 1.